The maximum Gasteiger partial charge on any atom is 0.243 e. The summed E-state index contributed by atoms with van der Waals surface area (Å²) in [5.74, 6) is 0.189. The zero-order valence-corrected chi connectivity index (χ0v) is 18.7. The zero-order chi connectivity index (χ0) is 22.9. The van der Waals surface area contributed by atoms with Gasteiger partial charge in [0.05, 0.1) is 0 Å². The molecule has 0 spiro atoms. The van der Waals surface area contributed by atoms with Crippen molar-refractivity contribution in [3.05, 3.63) is 66.8 Å². The first kappa shape index (κ1) is 23.8. The summed E-state index contributed by atoms with van der Waals surface area (Å²) in [6.45, 7) is 9.07. The lowest BCUT2D eigenvalue weighted by Gasteiger charge is -2.38. The number of hydrogen-bond acceptors (Lipinski definition) is 4. The van der Waals surface area contributed by atoms with Crippen LogP contribution in [-0.4, -0.2) is 53.7 Å². The SMILES string of the molecule is C=C/C=C(\C=C)CNC(=O)C(C1CCOCC1)N(C(=O)CCc1ccc(O)cc1)C1CC1.[HH]. The van der Waals surface area contributed by atoms with Crippen LogP contribution in [0.5, 0.6) is 5.75 Å². The molecular formula is C26H36N2O4. The number of aryl methyl sites for hydroxylation is 1. The van der Waals surface area contributed by atoms with E-state index in [0.717, 1.165) is 36.8 Å². The van der Waals surface area contributed by atoms with Crippen LogP contribution >= 0.6 is 0 Å². The summed E-state index contributed by atoms with van der Waals surface area (Å²) >= 11 is 0. The van der Waals surface area contributed by atoms with Crippen molar-refractivity contribution >= 4 is 11.8 Å². The van der Waals surface area contributed by atoms with Gasteiger partial charge in [-0.25, -0.2) is 0 Å². The maximum atomic E-state index is 13.4. The molecule has 2 amide bonds. The van der Waals surface area contributed by atoms with E-state index >= 15 is 0 Å². The van der Waals surface area contributed by atoms with Gasteiger partial charge in [-0.05, 0) is 61.3 Å². The molecule has 1 saturated carbocycles. The van der Waals surface area contributed by atoms with Crippen molar-refractivity contribution in [3.8, 4) is 5.75 Å². The summed E-state index contributed by atoms with van der Waals surface area (Å²) in [6.07, 6.45) is 9.51. The fraction of sp³-hybridized carbons (Fsp3) is 0.462. The van der Waals surface area contributed by atoms with Crippen molar-refractivity contribution in [3.63, 3.8) is 0 Å². The number of hydrogen-bond donors (Lipinski definition) is 2. The van der Waals surface area contributed by atoms with Crippen molar-refractivity contribution in [1.82, 2.24) is 10.2 Å². The van der Waals surface area contributed by atoms with Crippen LogP contribution in [0.1, 0.15) is 39.1 Å². The predicted octanol–water partition coefficient (Wildman–Crippen LogP) is 3.77. The molecular weight excluding hydrogens is 404 g/mol. The van der Waals surface area contributed by atoms with Crippen molar-refractivity contribution in [2.45, 2.75) is 50.6 Å². The van der Waals surface area contributed by atoms with Gasteiger partial charge in [0, 0.05) is 33.6 Å². The number of phenols is 1. The molecule has 2 N–H and O–H groups in total. The number of carbonyl (C=O) groups is 2. The van der Waals surface area contributed by atoms with Gasteiger partial charge in [0.25, 0.3) is 0 Å². The fourth-order valence-corrected chi connectivity index (χ4v) is 4.22. The molecule has 3 rings (SSSR count). The first-order valence-electron chi connectivity index (χ1n) is 11.4. The third kappa shape index (κ3) is 6.57. The van der Waals surface area contributed by atoms with Gasteiger partial charge in [-0.3, -0.25) is 9.59 Å². The molecule has 1 unspecified atom stereocenters. The highest BCUT2D eigenvalue weighted by molar-refractivity contribution is 5.88. The van der Waals surface area contributed by atoms with E-state index in [2.05, 4.69) is 18.5 Å². The summed E-state index contributed by atoms with van der Waals surface area (Å²) in [7, 11) is 0. The molecule has 2 aliphatic rings. The van der Waals surface area contributed by atoms with Gasteiger partial charge in [-0.2, -0.15) is 0 Å². The fourth-order valence-electron chi connectivity index (χ4n) is 4.22. The van der Waals surface area contributed by atoms with Gasteiger partial charge in [-0.15, -0.1) is 0 Å². The summed E-state index contributed by atoms with van der Waals surface area (Å²) in [6, 6.07) is 6.55. The first-order valence-corrected chi connectivity index (χ1v) is 11.4. The molecule has 1 saturated heterocycles. The number of benzene rings is 1. The number of rotatable bonds is 11. The Morgan fingerprint density at radius 1 is 1.19 bits per heavy atom. The molecule has 174 valence electrons. The molecule has 1 aromatic rings. The molecule has 0 aromatic heterocycles. The van der Waals surface area contributed by atoms with Gasteiger partial charge < -0.3 is 20.1 Å². The standard InChI is InChI=1S/C26H34N2O4.H2/c1-3-5-19(4-2)18-27-26(31)25(21-14-16-32-17-15-21)28(22-9-10-22)24(30)13-8-20-6-11-23(29)12-7-20;/h3-7,11-12,21-22,25,29H,1-2,8-10,13-18H2,(H,27,31);1H/b19-5+;. The van der Waals surface area contributed by atoms with Crippen LogP contribution in [0.4, 0.5) is 0 Å². The molecule has 0 bridgehead atoms. The monoisotopic (exact) mass is 440 g/mol. The lowest BCUT2D eigenvalue weighted by molar-refractivity contribution is -0.144. The smallest absolute Gasteiger partial charge is 0.243 e. The number of phenolic OH excluding ortho intramolecular Hbond substituents is 1. The van der Waals surface area contributed by atoms with Gasteiger partial charge in [0.15, 0.2) is 0 Å². The quantitative estimate of drug-likeness (QED) is 0.514. The normalized spacial score (nSPS) is 17.9. The lowest BCUT2D eigenvalue weighted by atomic mass is 9.89. The number of aromatic hydroxyl groups is 1. The number of nitrogens with zero attached hydrogens (tertiary/aromatic N) is 1. The number of amides is 2. The third-order valence-corrected chi connectivity index (χ3v) is 6.13. The van der Waals surface area contributed by atoms with Crippen LogP contribution in [-0.2, 0) is 20.7 Å². The second-order valence-electron chi connectivity index (χ2n) is 8.49. The predicted molar refractivity (Wildman–Crippen MR) is 127 cm³/mol. The Hall–Kier alpha value is -2.86. The van der Waals surface area contributed by atoms with Crippen molar-refractivity contribution in [2.24, 2.45) is 5.92 Å². The van der Waals surface area contributed by atoms with Crippen LogP contribution < -0.4 is 5.32 Å². The van der Waals surface area contributed by atoms with E-state index in [1.807, 2.05) is 23.1 Å². The Morgan fingerprint density at radius 2 is 1.88 bits per heavy atom. The summed E-state index contributed by atoms with van der Waals surface area (Å²) in [5.41, 5.74) is 1.86. The van der Waals surface area contributed by atoms with E-state index in [9.17, 15) is 14.7 Å². The Bertz CT molecular complexity index is 842. The Morgan fingerprint density at radius 3 is 2.47 bits per heavy atom. The average Bonchev–Trinajstić information content (AvgIpc) is 3.65. The van der Waals surface area contributed by atoms with Gasteiger partial charge in [0.2, 0.25) is 11.8 Å². The van der Waals surface area contributed by atoms with Crippen LogP contribution in [0, 0.1) is 5.92 Å². The van der Waals surface area contributed by atoms with Crippen LogP contribution in [0.25, 0.3) is 0 Å². The Balaban J connectivity index is 0.00000385. The summed E-state index contributed by atoms with van der Waals surface area (Å²) in [4.78, 5) is 28.6. The van der Waals surface area contributed by atoms with E-state index < -0.39 is 6.04 Å². The van der Waals surface area contributed by atoms with E-state index in [-0.39, 0.29) is 31.0 Å². The second-order valence-corrected chi connectivity index (χ2v) is 8.49. The molecule has 6 heteroatoms. The van der Waals surface area contributed by atoms with E-state index in [1.54, 1.807) is 24.3 Å². The molecule has 0 radical (unpaired) electrons. The minimum atomic E-state index is -0.492. The molecule has 2 fully saturated rings. The van der Waals surface area contributed by atoms with Crippen molar-refractivity contribution < 1.29 is 20.9 Å². The maximum absolute atomic E-state index is 13.4. The molecule has 1 atom stereocenters. The third-order valence-electron chi connectivity index (χ3n) is 6.13. The largest absolute Gasteiger partial charge is 0.508 e. The number of carbonyl (C=O) groups excluding carboxylic acids is 2. The Kier molecular flexibility index (Phi) is 8.68. The molecule has 32 heavy (non-hydrogen) atoms. The van der Waals surface area contributed by atoms with Gasteiger partial charge in [0.1, 0.15) is 11.8 Å². The number of allylic oxidation sites excluding steroid dienone is 2. The topological polar surface area (TPSA) is 78.9 Å². The molecule has 6 nitrogen and oxygen atoms in total. The number of nitrogens with one attached hydrogen (secondary N) is 1. The van der Waals surface area contributed by atoms with Crippen LogP contribution in [0.3, 0.4) is 0 Å². The highest BCUT2D eigenvalue weighted by Gasteiger charge is 2.44. The van der Waals surface area contributed by atoms with Crippen LogP contribution in [0.15, 0.2) is 61.2 Å². The van der Waals surface area contributed by atoms with Crippen LogP contribution in [0.2, 0.25) is 0 Å². The zero-order valence-electron chi connectivity index (χ0n) is 18.7. The molecule has 1 aliphatic carbocycles. The van der Waals surface area contributed by atoms with E-state index in [4.69, 9.17) is 4.74 Å². The molecule has 1 heterocycles. The minimum absolute atomic E-state index is 0. The molecule has 1 aliphatic heterocycles. The first-order chi connectivity index (χ1) is 15.5. The number of ether oxygens (including phenoxy) is 1. The van der Waals surface area contributed by atoms with E-state index in [0.29, 0.717) is 32.6 Å². The lowest BCUT2D eigenvalue weighted by Crippen LogP contribution is -2.55. The average molecular weight is 441 g/mol. The highest BCUT2D eigenvalue weighted by Crippen LogP contribution is 2.34. The van der Waals surface area contributed by atoms with E-state index in [1.165, 1.54) is 0 Å². The summed E-state index contributed by atoms with van der Waals surface area (Å²) < 4.78 is 5.52. The van der Waals surface area contributed by atoms with Crippen molar-refractivity contribution in [1.29, 1.82) is 0 Å². The summed E-state index contributed by atoms with van der Waals surface area (Å²) in [5, 5.41) is 12.5. The highest BCUT2D eigenvalue weighted by atomic mass is 16.5. The Labute approximate surface area is 192 Å². The molecule has 1 aromatic carbocycles. The van der Waals surface area contributed by atoms with Gasteiger partial charge in [-0.1, -0.05) is 43.5 Å². The second kappa shape index (κ2) is 11.7. The van der Waals surface area contributed by atoms with Gasteiger partial charge >= 0.3 is 0 Å². The van der Waals surface area contributed by atoms with Crippen molar-refractivity contribution in [2.75, 3.05) is 19.8 Å². The minimum Gasteiger partial charge on any atom is -0.508 e.